The molecule has 0 amide bonds. The number of benzene rings is 1. The van der Waals surface area contributed by atoms with Crippen LogP contribution in [0.4, 0.5) is 0 Å². The molecule has 0 spiro atoms. The smallest absolute Gasteiger partial charge is 0.127 e. The molecule has 0 unspecified atom stereocenters. The summed E-state index contributed by atoms with van der Waals surface area (Å²) < 4.78 is 6.33. The van der Waals surface area contributed by atoms with Gasteiger partial charge >= 0.3 is 0 Å². The standard InChI is InChI=1S/C10H14BrNO2/c1-3-7-4-9(11)5-8(6-14-12)10(7)13-2/h4-5H,3,6,12H2,1-2H3. The van der Waals surface area contributed by atoms with Crippen LogP contribution < -0.4 is 10.6 Å². The second-order valence-electron chi connectivity index (χ2n) is 2.92. The lowest BCUT2D eigenvalue weighted by atomic mass is 10.1. The molecule has 1 rings (SSSR count). The van der Waals surface area contributed by atoms with Gasteiger partial charge in [0, 0.05) is 10.0 Å². The maximum atomic E-state index is 5.32. The largest absolute Gasteiger partial charge is 0.496 e. The van der Waals surface area contributed by atoms with Crippen LogP contribution in [0.25, 0.3) is 0 Å². The first-order valence-corrected chi connectivity index (χ1v) is 5.19. The molecule has 0 bridgehead atoms. The van der Waals surface area contributed by atoms with Crippen molar-refractivity contribution in [3.63, 3.8) is 0 Å². The second kappa shape index (κ2) is 5.34. The molecule has 78 valence electrons. The van der Waals surface area contributed by atoms with E-state index in [0.29, 0.717) is 6.61 Å². The minimum absolute atomic E-state index is 0.357. The lowest BCUT2D eigenvalue weighted by molar-refractivity contribution is 0.122. The summed E-state index contributed by atoms with van der Waals surface area (Å²) in [6, 6.07) is 3.99. The van der Waals surface area contributed by atoms with E-state index < -0.39 is 0 Å². The van der Waals surface area contributed by atoms with Gasteiger partial charge in [0.25, 0.3) is 0 Å². The average Bonchev–Trinajstić information content (AvgIpc) is 2.17. The predicted molar refractivity (Wildman–Crippen MR) is 59.0 cm³/mol. The number of hydrogen-bond donors (Lipinski definition) is 1. The Balaban J connectivity index is 3.17. The van der Waals surface area contributed by atoms with Gasteiger partial charge in [-0.25, -0.2) is 5.90 Å². The number of methoxy groups -OCH3 is 1. The normalized spacial score (nSPS) is 10.3. The molecule has 1 aromatic rings. The van der Waals surface area contributed by atoms with Gasteiger partial charge in [0.05, 0.1) is 13.7 Å². The minimum atomic E-state index is 0.357. The van der Waals surface area contributed by atoms with Gasteiger partial charge in [0.1, 0.15) is 5.75 Å². The highest BCUT2D eigenvalue weighted by molar-refractivity contribution is 9.10. The van der Waals surface area contributed by atoms with Crippen molar-refractivity contribution in [2.75, 3.05) is 7.11 Å². The Bertz CT molecular complexity index is 315. The van der Waals surface area contributed by atoms with Crippen LogP contribution in [0.2, 0.25) is 0 Å². The third-order valence-corrected chi connectivity index (χ3v) is 2.49. The summed E-state index contributed by atoms with van der Waals surface area (Å²) in [5.41, 5.74) is 2.11. The third kappa shape index (κ3) is 2.47. The fourth-order valence-electron chi connectivity index (χ4n) is 1.43. The Kier molecular flexibility index (Phi) is 4.38. The molecule has 0 aliphatic carbocycles. The van der Waals surface area contributed by atoms with Crippen LogP contribution in [-0.4, -0.2) is 7.11 Å². The van der Waals surface area contributed by atoms with Gasteiger partial charge in [-0.15, -0.1) is 0 Å². The molecule has 0 atom stereocenters. The second-order valence-corrected chi connectivity index (χ2v) is 3.84. The molecule has 3 nitrogen and oxygen atoms in total. The van der Waals surface area contributed by atoms with Crippen LogP contribution in [0.1, 0.15) is 18.1 Å². The number of nitrogens with two attached hydrogens (primary N) is 1. The van der Waals surface area contributed by atoms with E-state index in [9.17, 15) is 0 Å². The molecule has 0 saturated heterocycles. The molecule has 0 saturated carbocycles. The summed E-state index contributed by atoms with van der Waals surface area (Å²) in [6.07, 6.45) is 0.917. The summed E-state index contributed by atoms with van der Waals surface area (Å²) >= 11 is 3.44. The van der Waals surface area contributed by atoms with E-state index in [2.05, 4.69) is 27.7 Å². The summed E-state index contributed by atoms with van der Waals surface area (Å²) in [5.74, 6) is 5.92. The van der Waals surface area contributed by atoms with E-state index in [1.165, 1.54) is 0 Å². The predicted octanol–water partition coefficient (Wildman–Crippen LogP) is 2.41. The summed E-state index contributed by atoms with van der Waals surface area (Å²) in [6.45, 7) is 2.44. The summed E-state index contributed by atoms with van der Waals surface area (Å²) in [5, 5.41) is 0. The minimum Gasteiger partial charge on any atom is -0.496 e. The van der Waals surface area contributed by atoms with Crippen molar-refractivity contribution < 1.29 is 9.57 Å². The Labute approximate surface area is 92.3 Å². The lowest BCUT2D eigenvalue weighted by Gasteiger charge is -2.12. The van der Waals surface area contributed by atoms with Gasteiger partial charge in [-0.2, -0.15) is 0 Å². The zero-order valence-electron chi connectivity index (χ0n) is 8.34. The first-order valence-electron chi connectivity index (χ1n) is 4.39. The molecular formula is C10H14BrNO2. The molecule has 1 aromatic carbocycles. The van der Waals surface area contributed by atoms with E-state index in [4.69, 9.17) is 10.6 Å². The van der Waals surface area contributed by atoms with Crippen LogP contribution in [-0.2, 0) is 17.9 Å². The van der Waals surface area contributed by atoms with Gasteiger partial charge in [0.15, 0.2) is 0 Å². The Morgan fingerprint density at radius 2 is 2.00 bits per heavy atom. The number of aryl methyl sites for hydroxylation is 1. The fourth-order valence-corrected chi connectivity index (χ4v) is 1.99. The van der Waals surface area contributed by atoms with Gasteiger partial charge in [0.2, 0.25) is 0 Å². The zero-order chi connectivity index (χ0) is 10.6. The van der Waals surface area contributed by atoms with Crippen molar-refractivity contribution in [3.05, 3.63) is 27.7 Å². The highest BCUT2D eigenvalue weighted by Gasteiger charge is 2.09. The Morgan fingerprint density at radius 1 is 1.36 bits per heavy atom. The van der Waals surface area contributed by atoms with E-state index in [-0.39, 0.29) is 0 Å². The zero-order valence-corrected chi connectivity index (χ0v) is 9.93. The number of rotatable bonds is 4. The molecule has 0 aromatic heterocycles. The summed E-state index contributed by atoms with van der Waals surface area (Å²) in [7, 11) is 1.66. The van der Waals surface area contributed by atoms with Crippen LogP contribution in [0, 0.1) is 0 Å². The molecule has 0 fully saturated rings. The highest BCUT2D eigenvalue weighted by atomic mass is 79.9. The first-order chi connectivity index (χ1) is 6.72. The number of ether oxygens (including phenoxy) is 1. The molecule has 0 heterocycles. The third-order valence-electron chi connectivity index (χ3n) is 2.03. The molecule has 2 N–H and O–H groups in total. The van der Waals surface area contributed by atoms with Gasteiger partial charge in [-0.3, -0.25) is 4.84 Å². The Hall–Kier alpha value is -0.580. The highest BCUT2D eigenvalue weighted by Crippen LogP contribution is 2.29. The monoisotopic (exact) mass is 259 g/mol. The van der Waals surface area contributed by atoms with E-state index in [1.807, 2.05) is 12.1 Å². The quantitative estimate of drug-likeness (QED) is 0.845. The van der Waals surface area contributed by atoms with E-state index in [0.717, 1.165) is 27.8 Å². The molecule has 14 heavy (non-hydrogen) atoms. The van der Waals surface area contributed by atoms with Gasteiger partial charge in [-0.1, -0.05) is 22.9 Å². The van der Waals surface area contributed by atoms with Crippen LogP contribution >= 0.6 is 15.9 Å². The number of hydrogen-bond acceptors (Lipinski definition) is 3. The summed E-state index contributed by atoms with van der Waals surface area (Å²) in [4.78, 5) is 4.62. The lowest BCUT2D eigenvalue weighted by Crippen LogP contribution is -2.03. The van der Waals surface area contributed by atoms with Crippen molar-refractivity contribution in [2.24, 2.45) is 5.90 Å². The maximum Gasteiger partial charge on any atom is 0.127 e. The van der Waals surface area contributed by atoms with Crippen LogP contribution in [0.15, 0.2) is 16.6 Å². The number of halogens is 1. The molecular weight excluding hydrogens is 246 g/mol. The van der Waals surface area contributed by atoms with E-state index >= 15 is 0 Å². The van der Waals surface area contributed by atoms with Gasteiger partial charge in [-0.05, 0) is 24.1 Å². The van der Waals surface area contributed by atoms with Gasteiger partial charge < -0.3 is 4.74 Å². The maximum absolute atomic E-state index is 5.32. The topological polar surface area (TPSA) is 44.5 Å². The van der Waals surface area contributed by atoms with Crippen LogP contribution in [0.3, 0.4) is 0 Å². The molecule has 4 heteroatoms. The fraction of sp³-hybridized carbons (Fsp3) is 0.400. The van der Waals surface area contributed by atoms with Crippen molar-refractivity contribution in [1.82, 2.24) is 0 Å². The van der Waals surface area contributed by atoms with Crippen molar-refractivity contribution in [3.8, 4) is 5.75 Å². The van der Waals surface area contributed by atoms with E-state index in [1.54, 1.807) is 7.11 Å². The molecule has 0 radical (unpaired) electrons. The van der Waals surface area contributed by atoms with Crippen LogP contribution in [0.5, 0.6) is 5.75 Å². The molecule has 0 aliphatic rings. The van der Waals surface area contributed by atoms with Crippen molar-refractivity contribution >= 4 is 15.9 Å². The Morgan fingerprint density at radius 3 is 2.50 bits per heavy atom. The van der Waals surface area contributed by atoms with Crippen molar-refractivity contribution in [1.29, 1.82) is 0 Å². The molecule has 0 aliphatic heterocycles. The van der Waals surface area contributed by atoms with Crippen molar-refractivity contribution in [2.45, 2.75) is 20.0 Å². The SMILES string of the molecule is CCc1cc(Br)cc(CON)c1OC. The average molecular weight is 260 g/mol. The first kappa shape index (κ1) is 11.5.